The third-order valence-electron chi connectivity index (χ3n) is 5.11. The summed E-state index contributed by atoms with van der Waals surface area (Å²) in [7, 11) is 1.51. The van der Waals surface area contributed by atoms with Gasteiger partial charge in [0.1, 0.15) is 29.5 Å². The molecule has 0 aliphatic carbocycles. The van der Waals surface area contributed by atoms with Crippen LogP contribution in [0.3, 0.4) is 0 Å². The van der Waals surface area contributed by atoms with Gasteiger partial charge in [0, 0.05) is 31.8 Å². The van der Waals surface area contributed by atoms with E-state index in [0.717, 1.165) is 0 Å². The Hall–Kier alpha value is -3.32. The predicted octanol–water partition coefficient (Wildman–Crippen LogP) is 0.507. The summed E-state index contributed by atoms with van der Waals surface area (Å²) in [6.45, 7) is 5.80. The van der Waals surface area contributed by atoms with E-state index >= 15 is 0 Å². The van der Waals surface area contributed by atoms with Gasteiger partial charge in [-0.2, -0.15) is 5.26 Å². The number of nitriles is 1. The molecule has 2 aromatic heterocycles. The van der Waals surface area contributed by atoms with E-state index in [1.807, 2.05) is 26.8 Å². The Morgan fingerprint density at radius 2 is 2.10 bits per heavy atom. The average molecular weight is 411 g/mol. The second-order valence-corrected chi connectivity index (χ2v) is 8.41. The Morgan fingerprint density at radius 1 is 1.37 bits per heavy atom. The lowest BCUT2D eigenvalue weighted by Gasteiger charge is -2.34. The van der Waals surface area contributed by atoms with Crippen LogP contribution in [0.2, 0.25) is 0 Å². The van der Waals surface area contributed by atoms with Gasteiger partial charge in [0.25, 0.3) is 0 Å². The Labute approximate surface area is 174 Å². The van der Waals surface area contributed by atoms with Crippen molar-refractivity contribution in [3.63, 3.8) is 0 Å². The van der Waals surface area contributed by atoms with Crippen molar-refractivity contribution in [2.24, 2.45) is 5.41 Å². The molecular weight excluding hydrogens is 386 g/mol. The number of carbonyl (C=O) groups is 2. The maximum absolute atomic E-state index is 13.5. The lowest BCUT2D eigenvalue weighted by atomic mass is 9.85. The Bertz CT molecular complexity index is 972. The Kier molecular flexibility index (Phi) is 5.85. The summed E-state index contributed by atoms with van der Waals surface area (Å²) >= 11 is 0. The van der Waals surface area contributed by atoms with Crippen LogP contribution >= 0.6 is 0 Å². The van der Waals surface area contributed by atoms with Crippen molar-refractivity contribution in [3.8, 4) is 17.3 Å². The maximum atomic E-state index is 13.5. The number of rotatable bonds is 4. The molecule has 1 aliphatic rings. The highest BCUT2D eigenvalue weighted by molar-refractivity contribution is 5.90. The molecule has 1 fully saturated rings. The predicted molar refractivity (Wildman–Crippen MR) is 107 cm³/mol. The van der Waals surface area contributed by atoms with Gasteiger partial charge in [0.2, 0.25) is 11.8 Å². The second-order valence-electron chi connectivity index (χ2n) is 8.41. The van der Waals surface area contributed by atoms with Crippen molar-refractivity contribution >= 4 is 11.8 Å². The SMILES string of the molecule is CNC(=O)C1CC(O)CN1C(=O)[C@@H](n1cc(-c2ccc(C#N)nc2)nn1)C(C)(C)C. The van der Waals surface area contributed by atoms with Crippen LogP contribution in [0.1, 0.15) is 38.9 Å². The number of likely N-dealkylation sites (N-methyl/N-ethyl adjacent to an activating group) is 1. The van der Waals surface area contributed by atoms with Crippen LogP contribution in [0.4, 0.5) is 0 Å². The molecule has 0 spiro atoms. The van der Waals surface area contributed by atoms with Gasteiger partial charge in [-0.25, -0.2) is 9.67 Å². The van der Waals surface area contributed by atoms with Gasteiger partial charge in [-0.3, -0.25) is 9.59 Å². The summed E-state index contributed by atoms with van der Waals surface area (Å²) in [6, 6.07) is 3.80. The molecule has 158 valence electrons. The van der Waals surface area contributed by atoms with Gasteiger partial charge in [-0.15, -0.1) is 5.10 Å². The van der Waals surface area contributed by atoms with Crippen LogP contribution in [-0.2, 0) is 9.59 Å². The van der Waals surface area contributed by atoms with E-state index in [1.165, 1.54) is 22.8 Å². The van der Waals surface area contributed by atoms with E-state index < -0.39 is 23.6 Å². The van der Waals surface area contributed by atoms with Crippen molar-refractivity contribution < 1.29 is 14.7 Å². The summed E-state index contributed by atoms with van der Waals surface area (Å²) in [6.07, 6.45) is 2.62. The van der Waals surface area contributed by atoms with Crippen molar-refractivity contribution in [2.75, 3.05) is 13.6 Å². The minimum Gasteiger partial charge on any atom is -0.391 e. The minimum absolute atomic E-state index is 0.0879. The van der Waals surface area contributed by atoms with E-state index in [4.69, 9.17) is 5.26 Å². The molecule has 10 heteroatoms. The number of carbonyl (C=O) groups excluding carboxylic acids is 2. The number of aromatic nitrogens is 4. The molecule has 2 unspecified atom stereocenters. The van der Waals surface area contributed by atoms with Gasteiger partial charge < -0.3 is 15.3 Å². The van der Waals surface area contributed by atoms with Crippen molar-refractivity contribution in [1.82, 2.24) is 30.2 Å². The highest BCUT2D eigenvalue weighted by atomic mass is 16.3. The highest BCUT2D eigenvalue weighted by Crippen LogP contribution is 2.34. The Morgan fingerprint density at radius 3 is 2.67 bits per heavy atom. The fourth-order valence-electron chi connectivity index (χ4n) is 3.66. The number of amides is 2. The highest BCUT2D eigenvalue weighted by Gasteiger charge is 2.45. The normalized spacial score (nSPS) is 19.9. The molecule has 2 N–H and O–H groups in total. The van der Waals surface area contributed by atoms with Crippen molar-refractivity contribution in [3.05, 3.63) is 30.2 Å². The number of aliphatic hydroxyl groups is 1. The van der Waals surface area contributed by atoms with Crippen LogP contribution in [0.5, 0.6) is 0 Å². The summed E-state index contributed by atoms with van der Waals surface area (Å²) < 4.78 is 1.49. The first-order valence-corrected chi connectivity index (χ1v) is 9.64. The smallest absolute Gasteiger partial charge is 0.248 e. The zero-order valence-electron chi connectivity index (χ0n) is 17.4. The summed E-state index contributed by atoms with van der Waals surface area (Å²) in [4.78, 5) is 31.2. The van der Waals surface area contributed by atoms with E-state index in [1.54, 1.807) is 18.3 Å². The summed E-state index contributed by atoms with van der Waals surface area (Å²) in [5.41, 5.74) is 0.937. The molecule has 10 nitrogen and oxygen atoms in total. The molecule has 3 heterocycles. The molecule has 0 aromatic carbocycles. The van der Waals surface area contributed by atoms with Crippen molar-refractivity contribution in [1.29, 1.82) is 5.26 Å². The van der Waals surface area contributed by atoms with E-state index in [0.29, 0.717) is 17.0 Å². The van der Waals surface area contributed by atoms with Crippen molar-refractivity contribution in [2.45, 2.75) is 45.4 Å². The zero-order valence-corrected chi connectivity index (χ0v) is 17.4. The van der Waals surface area contributed by atoms with Gasteiger partial charge >= 0.3 is 0 Å². The molecule has 0 bridgehead atoms. The molecule has 1 saturated heterocycles. The van der Waals surface area contributed by atoms with Gasteiger partial charge in [0.15, 0.2) is 0 Å². The molecule has 2 aromatic rings. The third-order valence-corrected chi connectivity index (χ3v) is 5.11. The van der Waals surface area contributed by atoms with Crippen LogP contribution in [0.15, 0.2) is 24.5 Å². The third kappa shape index (κ3) is 4.16. The first-order valence-electron chi connectivity index (χ1n) is 9.64. The quantitative estimate of drug-likeness (QED) is 0.747. The topological polar surface area (TPSA) is 137 Å². The summed E-state index contributed by atoms with van der Waals surface area (Å²) in [5, 5.41) is 29.9. The number of β-amino-alcohol motifs (C(OH)–C–C–N with tert-alkyl or cyclic N) is 1. The monoisotopic (exact) mass is 411 g/mol. The van der Waals surface area contributed by atoms with Crippen LogP contribution in [0.25, 0.3) is 11.3 Å². The van der Waals surface area contributed by atoms with Gasteiger partial charge in [0.05, 0.1) is 12.3 Å². The number of likely N-dealkylation sites (tertiary alicyclic amines) is 1. The molecule has 0 saturated carbocycles. The molecule has 30 heavy (non-hydrogen) atoms. The van der Waals surface area contributed by atoms with Crippen LogP contribution < -0.4 is 5.32 Å². The molecule has 0 radical (unpaired) electrons. The number of nitrogens with one attached hydrogen (secondary N) is 1. The first-order chi connectivity index (χ1) is 14.2. The molecule has 2 amide bonds. The first kappa shape index (κ1) is 21.4. The van der Waals surface area contributed by atoms with E-state index in [9.17, 15) is 14.7 Å². The maximum Gasteiger partial charge on any atom is 0.248 e. The number of pyridine rings is 1. The Balaban J connectivity index is 1.93. The average Bonchev–Trinajstić information content (AvgIpc) is 3.33. The molecule has 1 aliphatic heterocycles. The number of hydrogen-bond acceptors (Lipinski definition) is 7. The fraction of sp³-hybridized carbons (Fsp3) is 0.500. The second kappa shape index (κ2) is 8.20. The minimum atomic E-state index is -0.757. The lowest BCUT2D eigenvalue weighted by molar-refractivity contribution is -0.144. The zero-order chi connectivity index (χ0) is 22.1. The number of nitrogens with zero attached hydrogens (tertiary/aromatic N) is 6. The standard InChI is InChI=1S/C20H25N7O3/c1-20(2,3)17(19(30)26-10-14(28)7-16(26)18(29)22-4)27-11-15(24-25-27)12-5-6-13(8-21)23-9-12/h5-6,9,11,14,16-17,28H,7,10H2,1-4H3,(H,22,29)/t14?,16?,17-/m1/s1. The number of hydrogen-bond donors (Lipinski definition) is 2. The summed E-state index contributed by atoms with van der Waals surface area (Å²) in [5.74, 6) is -0.613. The molecule has 3 rings (SSSR count). The molecule has 3 atom stereocenters. The molecular formula is C20H25N7O3. The largest absolute Gasteiger partial charge is 0.391 e. The van der Waals surface area contributed by atoms with Gasteiger partial charge in [-0.05, 0) is 17.5 Å². The number of aliphatic hydroxyl groups excluding tert-OH is 1. The fourth-order valence-corrected chi connectivity index (χ4v) is 3.66. The van der Waals surface area contributed by atoms with E-state index in [2.05, 4.69) is 20.6 Å². The lowest BCUT2D eigenvalue weighted by Crippen LogP contribution is -2.49. The van der Waals surface area contributed by atoms with Crippen LogP contribution in [0, 0.1) is 16.7 Å². The van der Waals surface area contributed by atoms with E-state index in [-0.39, 0.29) is 24.8 Å². The van der Waals surface area contributed by atoms with Crippen LogP contribution in [-0.4, -0.2) is 67.5 Å². The van der Waals surface area contributed by atoms with Gasteiger partial charge in [-0.1, -0.05) is 26.0 Å².